The van der Waals surface area contributed by atoms with Gasteiger partial charge in [0.05, 0.1) is 19.9 Å². The van der Waals surface area contributed by atoms with Gasteiger partial charge >= 0.3 is 0 Å². The van der Waals surface area contributed by atoms with E-state index >= 15 is 0 Å². The first-order valence-electron chi connectivity index (χ1n) is 8.59. The summed E-state index contributed by atoms with van der Waals surface area (Å²) in [5.74, 6) is 0.738. The monoisotopic (exact) mass is 382 g/mol. The summed E-state index contributed by atoms with van der Waals surface area (Å²) in [5, 5.41) is 6.93. The van der Waals surface area contributed by atoms with Crippen molar-refractivity contribution in [3.63, 3.8) is 0 Å². The normalized spacial score (nSPS) is 10.6. The van der Waals surface area contributed by atoms with Crippen LogP contribution < -0.4 is 20.3 Å². The Morgan fingerprint density at radius 2 is 1.79 bits per heavy atom. The van der Waals surface area contributed by atoms with Crippen LogP contribution in [-0.4, -0.2) is 34.5 Å². The molecule has 146 valence electrons. The quantitative estimate of drug-likeness (QED) is 0.732. The van der Waals surface area contributed by atoms with E-state index < -0.39 is 5.91 Å². The lowest BCUT2D eigenvalue weighted by atomic mass is 10.1. The van der Waals surface area contributed by atoms with Crippen LogP contribution >= 0.6 is 0 Å². The van der Waals surface area contributed by atoms with Gasteiger partial charge in [-0.05, 0) is 42.8 Å². The molecule has 1 amide bonds. The van der Waals surface area contributed by atoms with E-state index in [9.17, 15) is 9.59 Å². The van der Waals surface area contributed by atoms with Gasteiger partial charge in [0.1, 0.15) is 5.69 Å². The van der Waals surface area contributed by atoms with Gasteiger partial charge < -0.3 is 19.4 Å². The van der Waals surface area contributed by atoms with Crippen molar-refractivity contribution >= 4 is 11.6 Å². The zero-order chi connectivity index (χ0) is 20.4. The van der Waals surface area contributed by atoms with Gasteiger partial charge in [-0.3, -0.25) is 14.3 Å². The van der Waals surface area contributed by atoms with Crippen LogP contribution in [0.1, 0.15) is 16.1 Å². The molecule has 0 fully saturated rings. The fraction of sp³-hybridized carbons (Fsp3) is 0.250. The number of carbonyl (C=O) groups excluding carboxylic acids is 1. The molecule has 0 saturated heterocycles. The lowest BCUT2D eigenvalue weighted by Gasteiger charge is -2.09. The third-order valence-electron chi connectivity index (χ3n) is 4.36. The Morgan fingerprint density at radius 1 is 1.07 bits per heavy atom. The Morgan fingerprint density at radius 3 is 2.46 bits per heavy atom. The highest BCUT2D eigenvalue weighted by atomic mass is 16.5. The number of anilines is 1. The fourth-order valence-corrected chi connectivity index (χ4v) is 3.00. The van der Waals surface area contributed by atoms with Crippen LogP contribution in [0, 0.1) is 6.92 Å². The smallest absolute Gasteiger partial charge is 0.276 e. The number of pyridine rings is 1. The number of hydrogen-bond donors (Lipinski definition) is 1. The molecule has 0 radical (unpaired) electrons. The van der Waals surface area contributed by atoms with Gasteiger partial charge in [-0.1, -0.05) is 0 Å². The molecule has 3 aromatic rings. The van der Waals surface area contributed by atoms with E-state index in [2.05, 4.69) is 10.4 Å². The zero-order valence-electron chi connectivity index (χ0n) is 16.4. The molecule has 0 aliphatic heterocycles. The van der Waals surface area contributed by atoms with Crippen molar-refractivity contribution in [3.05, 3.63) is 58.1 Å². The molecule has 0 aliphatic carbocycles. The van der Waals surface area contributed by atoms with Crippen LogP contribution in [-0.2, 0) is 14.1 Å². The molecule has 8 nitrogen and oxygen atoms in total. The van der Waals surface area contributed by atoms with Gasteiger partial charge in [-0.25, -0.2) is 0 Å². The zero-order valence-corrected chi connectivity index (χ0v) is 16.4. The second kappa shape index (κ2) is 7.59. The first-order valence-corrected chi connectivity index (χ1v) is 8.59. The standard InChI is InChI=1S/C20H22N4O4/c1-12-8-15(20(26)23(2)11-12)21-19(25)14-10-16(24(3)22-14)13-6-7-17(27-4)18(9-13)28-5/h6-11H,1-5H3,(H,21,25). The topological polar surface area (TPSA) is 87.4 Å². The van der Waals surface area contributed by atoms with Crippen molar-refractivity contribution in [2.45, 2.75) is 6.92 Å². The van der Waals surface area contributed by atoms with Crippen LogP contribution in [0.25, 0.3) is 11.3 Å². The van der Waals surface area contributed by atoms with Crippen molar-refractivity contribution in [2.24, 2.45) is 14.1 Å². The number of methoxy groups -OCH3 is 2. The van der Waals surface area contributed by atoms with Gasteiger partial charge in [0.15, 0.2) is 17.2 Å². The maximum atomic E-state index is 12.6. The molecule has 0 unspecified atom stereocenters. The summed E-state index contributed by atoms with van der Waals surface area (Å²) >= 11 is 0. The summed E-state index contributed by atoms with van der Waals surface area (Å²) in [6.45, 7) is 1.85. The molecule has 8 heteroatoms. The van der Waals surface area contributed by atoms with Crippen LogP contribution in [0.4, 0.5) is 5.69 Å². The van der Waals surface area contributed by atoms with E-state index in [4.69, 9.17) is 9.47 Å². The Kier molecular flexibility index (Phi) is 5.21. The first kappa shape index (κ1) is 19.2. The molecule has 0 atom stereocenters. The molecule has 2 aromatic heterocycles. The number of aromatic nitrogens is 3. The number of nitrogens with one attached hydrogen (secondary N) is 1. The minimum Gasteiger partial charge on any atom is -0.493 e. The number of rotatable bonds is 5. The lowest BCUT2D eigenvalue weighted by molar-refractivity contribution is 0.102. The molecular weight excluding hydrogens is 360 g/mol. The third kappa shape index (κ3) is 3.62. The average Bonchev–Trinajstić information content (AvgIpc) is 3.07. The van der Waals surface area contributed by atoms with E-state index in [-0.39, 0.29) is 16.9 Å². The van der Waals surface area contributed by atoms with Gasteiger partial charge in [0, 0.05) is 25.9 Å². The van der Waals surface area contributed by atoms with Crippen molar-refractivity contribution < 1.29 is 14.3 Å². The van der Waals surface area contributed by atoms with Crippen molar-refractivity contribution in [2.75, 3.05) is 19.5 Å². The molecule has 0 saturated carbocycles. The van der Waals surface area contributed by atoms with E-state index in [0.717, 1.165) is 16.8 Å². The van der Waals surface area contributed by atoms with Gasteiger partial charge in [-0.2, -0.15) is 5.10 Å². The molecular formula is C20H22N4O4. The number of benzene rings is 1. The van der Waals surface area contributed by atoms with Crippen molar-refractivity contribution in [1.82, 2.24) is 14.3 Å². The number of amides is 1. The minimum absolute atomic E-state index is 0.204. The Bertz CT molecular complexity index is 1100. The predicted octanol–water partition coefficient (Wildman–Crippen LogP) is 2.36. The fourth-order valence-electron chi connectivity index (χ4n) is 3.00. The molecule has 3 rings (SSSR count). The van der Waals surface area contributed by atoms with E-state index in [1.807, 2.05) is 19.1 Å². The summed E-state index contributed by atoms with van der Waals surface area (Å²) < 4.78 is 13.6. The molecule has 0 aliphatic rings. The molecule has 0 bridgehead atoms. The van der Waals surface area contributed by atoms with Crippen molar-refractivity contribution in [3.8, 4) is 22.8 Å². The van der Waals surface area contributed by atoms with E-state index in [1.54, 1.807) is 57.4 Å². The highest BCUT2D eigenvalue weighted by Crippen LogP contribution is 2.32. The summed E-state index contributed by atoms with van der Waals surface area (Å²) in [7, 11) is 6.52. The number of nitrogens with zero attached hydrogens (tertiary/aromatic N) is 3. The molecule has 2 heterocycles. The second-order valence-corrected chi connectivity index (χ2v) is 6.41. The average molecular weight is 382 g/mol. The molecule has 1 aromatic carbocycles. The molecule has 0 spiro atoms. The lowest BCUT2D eigenvalue weighted by Crippen LogP contribution is -2.24. The van der Waals surface area contributed by atoms with Gasteiger partial charge in [-0.15, -0.1) is 0 Å². The Labute approximate surface area is 162 Å². The number of hydrogen-bond acceptors (Lipinski definition) is 5. The summed E-state index contributed by atoms with van der Waals surface area (Å²) in [5.41, 5.74) is 2.54. The summed E-state index contributed by atoms with van der Waals surface area (Å²) in [6, 6.07) is 8.76. The minimum atomic E-state index is -0.454. The predicted molar refractivity (Wildman–Crippen MR) is 106 cm³/mol. The van der Waals surface area contributed by atoms with Crippen molar-refractivity contribution in [1.29, 1.82) is 0 Å². The largest absolute Gasteiger partial charge is 0.493 e. The second-order valence-electron chi connectivity index (χ2n) is 6.41. The highest BCUT2D eigenvalue weighted by Gasteiger charge is 2.17. The maximum absolute atomic E-state index is 12.6. The maximum Gasteiger partial charge on any atom is 0.276 e. The van der Waals surface area contributed by atoms with Gasteiger partial charge in [0.25, 0.3) is 11.5 Å². The molecule has 1 N–H and O–H groups in total. The van der Waals surface area contributed by atoms with E-state index in [1.165, 1.54) is 4.57 Å². The SMILES string of the molecule is COc1ccc(-c2cc(C(=O)Nc3cc(C)cn(C)c3=O)nn2C)cc1OC. The van der Waals surface area contributed by atoms with Crippen LogP contribution in [0.5, 0.6) is 11.5 Å². The summed E-state index contributed by atoms with van der Waals surface area (Å²) in [4.78, 5) is 24.8. The Hall–Kier alpha value is -3.55. The van der Waals surface area contributed by atoms with E-state index in [0.29, 0.717) is 11.5 Å². The molecule has 28 heavy (non-hydrogen) atoms. The van der Waals surface area contributed by atoms with Gasteiger partial charge in [0.2, 0.25) is 0 Å². The number of ether oxygens (including phenoxy) is 2. The number of carbonyl (C=O) groups is 1. The van der Waals surface area contributed by atoms with Crippen LogP contribution in [0.2, 0.25) is 0 Å². The Balaban J connectivity index is 1.92. The van der Waals surface area contributed by atoms with Crippen LogP contribution in [0.3, 0.4) is 0 Å². The third-order valence-corrected chi connectivity index (χ3v) is 4.36. The summed E-state index contributed by atoms with van der Waals surface area (Å²) in [6.07, 6.45) is 1.70. The number of aryl methyl sites for hydroxylation is 3. The highest BCUT2D eigenvalue weighted by molar-refractivity contribution is 6.03. The van der Waals surface area contributed by atoms with Crippen LogP contribution in [0.15, 0.2) is 41.3 Å². The first-order chi connectivity index (χ1) is 13.3.